The van der Waals surface area contributed by atoms with Crippen LogP contribution in [0.1, 0.15) is 12.6 Å². The highest BCUT2D eigenvalue weighted by atomic mass is 79.9. The maximum atomic E-state index is 4.30. The summed E-state index contributed by atoms with van der Waals surface area (Å²) in [6.07, 6.45) is 0.972. The van der Waals surface area contributed by atoms with Crippen LogP contribution < -0.4 is 0 Å². The first kappa shape index (κ1) is 9.20. The Morgan fingerprint density at radius 1 is 1.55 bits per heavy atom. The maximum absolute atomic E-state index is 4.30. The first-order valence-electron chi connectivity index (χ1n) is 3.44. The average molecular weight is 279 g/mol. The van der Waals surface area contributed by atoms with Crippen LogP contribution in [-0.4, -0.2) is 9.81 Å². The molecule has 3 heteroatoms. The van der Waals surface area contributed by atoms with Crippen molar-refractivity contribution in [3.63, 3.8) is 0 Å². The van der Waals surface area contributed by atoms with E-state index in [-0.39, 0.29) is 0 Å². The van der Waals surface area contributed by atoms with E-state index in [1.807, 2.05) is 18.2 Å². The largest absolute Gasteiger partial charge is 0.246 e. The Hall–Kier alpha value is 0.110. The SMILES string of the molecule is CC(Br)Cc1cccc(Br)n1. The van der Waals surface area contributed by atoms with Gasteiger partial charge in [-0.2, -0.15) is 0 Å². The second-order valence-corrected chi connectivity index (χ2v) is 4.81. The van der Waals surface area contributed by atoms with Gasteiger partial charge in [0, 0.05) is 16.9 Å². The van der Waals surface area contributed by atoms with Crippen molar-refractivity contribution in [2.24, 2.45) is 0 Å². The standard InChI is InChI=1S/C8H9Br2N/c1-6(9)5-7-3-2-4-8(10)11-7/h2-4,6H,5H2,1H3. The Labute approximate surface area is 83.5 Å². The molecule has 0 aliphatic carbocycles. The van der Waals surface area contributed by atoms with Gasteiger partial charge in [0.1, 0.15) is 4.60 Å². The van der Waals surface area contributed by atoms with Crippen LogP contribution in [0.25, 0.3) is 0 Å². The van der Waals surface area contributed by atoms with Crippen LogP contribution in [0, 0.1) is 0 Å². The van der Waals surface area contributed by atoms with E-state index >= 15 is 0 Å². The van der Waals surface area contributed by atoms with Gasteiger partial charge in [0.15, 0.2) is 0 Å². The molecule has 11 heavy (non-hydrogen) atoms. The molecular weight excluding hydrogens is 270 g/mol. The molecular formula is C8H9Br2N. The van der Waals surface area contributed by atoms with E-state index in [0.717, 1.165) is 16.7 Å². The highest BCUT2D eigenvalue weighted by molar-refractivity contribution is 9.10. The van der Waals surface area contributed by atoms with Crippen molar-refractivity contribution in [2.75, 3.05) is 0 Å². The van der Waals surface area contributed by atoms with Gasteiger partial charge in [-0.15, -0.1) is 0 Å². The summed E-state index contributed by atoms with van der Waals surface area (Å²) in [5.74, 6) is 0. The molecule has 0 bridgehead atoms. The van der Waals surface area contributed by atoms with E-state index in [1.165, 1.54) is 0 Å². The lowest BCUT2D eigenvalue weighted by Gasteiger charge is -2.01. The molecule has 60 valence electrons. The van der Waals surface area contributed by atoms with Gasteiger partial charge in [-0.1, -0.05) is 28.9 Å². The van der Waals surface area contributed by atoms with Crippen molar-refractivity contribution in [2.45, 2.75) is 18.2 Å². The number of aromatic nitrogens is 1. The van der Waals surface area contributed by atoms with Crippen molar-refractivity contribution in [3.05, 3.63) is 28.5 Å². The predicted molar refractivity (Wildman–Crippen MR) is 54.0 cm³/mol. The van der Waals surface area contributed by atoms with E-state index in [9.17, 15) is 0 Å². The molecule has 1 heterocycles. The Morgan fingerprint density at radius 2 is 2.27 bits per heavy atom. The summed E-state index contributed by atoms with van der Waals surface area (Å²) >= 11 is 6.81. The summed E-state index contributed by atoms with van der Waals surface area (Å²) in [6.45, 7) is 2.11. The van der Waals surface area contributed by atoms with Crippen LogP contribution >= 0.6 is 31.9 Å². The Morgan fingerprint density at radius 3 is 2.82 bits per heavy atom. The Bertz CT molecular complexity index is 235. The quantitative estimate of drug-likeness (QED) is 0.598. The fourth-order valence-electron chi connectivity index (χ4n) is 0.852. The highest BCUT2D eigenvalue weighted by Crippen LogP contribution is 2.10. The van der Waals surface area contributed by atoms with Gasteiger partial charge < -0.3 is 0 Å². The van der Waals surface area contributed by atoms with Gasteiger partial charge in [-0.25, -0.2) is 4.98 Å². The fraction of sp³-hybridized carbons (Fsp3) is 0.375. The van der Waals surface area contributed by atoms with Crippen LogP contribution in [-0.2, 0) is 6.42 Å². The van der Waals surface area contributed by atoms with Gasteiger partial charge in [0.2, 0.25) is 0 Å². The first-order valence-corrected chi connectivity index (χ1v) is 5.15. The van der Waals surface area contributed by atoms with Gasteiger partial charge in [0.25, 0.3) is 0 Å². The molecule has 0 aliphatic rings. The van der Waals surface area contributed by atoms with Gasteiger partial charge >= 0.3 is 0 Å². The molecule has 1 unspecified atom stereocenters. The predicted octanol–water partition coefficient (Wildman–Crippen LogP) is 3.17. The third-order valence-electron chi connectivity index (χ3n) is 1.26. The molecule has 0 amide bonds. The Kier molecular flexibility index (Phi) is 3.52. The number of rotatable bonds is 2. The van der Waals surface area contributed by atoms with Gasteiger partial charge in [-0.05, 0) is 28.1 Å². The zero-order valence-corrected chi connectivity index (χ0v) is 9.39. The second-order valence-electron chi connectivity index (χ2n) is 2.44. The minimum absolute atomic E-state index is 0.490. The Balaban J connectivity index is 2.71. The van der Waals surface area contributed by atoms with E-state index in [1.54, 1.807) is 0 Å². The summed E-state index contributed by atoms with van der Waals surface area (Å²) in [6, 6.07) is 5.96. The van der Waals surface area contributed by atoms with Crippen molar-refractivity contribution in [1.82, 2.24) is 4.98 Å². The van der Waals surface area contributed by atoms with Crippen molar-refractivity contribution in [3.8, 4) is 0 Å². The molecule has 0 fully saturated rings. The lowest BCUT2D eigenvalue weighted by molar-refractivity contribution is 0.908. The van der Waals surface area contributed by atoms with E-state index in [4.69, 9.17) is 0 Å². The zero-order valence-electron chi connectivity index (χ0n) is 6.22. The number of halogens is 2. The molecule has 1 aromatic rings. The van der Waals surface area contributed by atoms with E-state index in [2.05, 4.69) is 43.8 Å². The minimum atomic E-state index is 0.490. The van der Waals surface area contributed by atoms with Crippen molar-refractivity contribution >= 4 is 31.9 Å². The molecule has 0 radical (unpaired) electrons. The topological polar surface area (TPSA) is 12.9 Å². The molecule has 1 nitrogen and oxygen atoms in total. The molecule has 0 aromatic carbocycles. The van der Waals surface area contributed by atoms with Crippen LogP contribution in [0.4, 0.5) is 0 Å². The van der Waals surface area contributed by atoms with Crippen LogP contribution in [0.2, 0.25) is 0 Å². The summed E-state index contributed by atoms with van der Waals surface area (Å²) in [5, 5.41) is 0. The molecule has 0 spiro atoms. The molecule has 0 N–H and O–H groups in total. The second kappa shape index (κ2) is 4.21. The molecule has 0 saturated heterocycles. The fourth-order valence-corrected chi connectivity index (χ4v) is 1.56. The lowest BCUT2D eigenvalue weighted by Crippen LogP contribution is -1.98. The molecule has 1 atom stereocenters. The van der Waals surface area contributed by atoms with Crippen LogP contribution in [0.5, 0.6) is 0 Å². The smallest absolute Gasteiger partial charge is 0.106 e. The highest BCUT2D eigenvalue weighted by Gasteiger charge is 1.99. The lowest BCUT2D eigenvalue weighted by atomic mass is 10.2. The van der Waals surface area contributed by atoms with E-state index < -0.39 is 0 Å². The summed E-state index contributed by atoms with van der Waals surface area (Å²) in [7, 11) is 0. The molecule has 0 aliphatic heterocycles. The molecule has 1 rings (SSSR count). The monoisotopic (exact) mass is 277 g/mol. The number of nitrogens with zero attached hydrogens (tertiary/aromatic N) is 1. The summed E-state index contributed by atoms with van der Waals surface area (Å²) in [5.41, 5.74) is 1.11. The number of pyridine rings is 1. The first-order chi connectivity index (χ1) is 5.18. The van der Waals surface area contributed by atoms with Gasteiger partial charge in [-0.3, -0.25) is 0 Å². The average Bonchev–Trinajstić information content (AvgIpc) is 1.85. The third-order valence-corrected chi connectivity index (χ3v) is 2.03. The normalized spacial score (nSPS) is 13.0. The van der Waals surface area contributed by atoms with Crippen molar-refractivity contribution < 1.29 is 0 Å². The van der Waals surface area contributed by atoms with Crippen LogP contribution in [0.3, 0.4) is 0 Å². The third kappa shape index (κ3) is 3.34. The summed E-state index contributed by atoms with van der Waals surface area (Å²) in [4.78, 5) is 4.79. The number of hydrogen-bond donors (Lipinski definition) is 0. The molecule has 1 aromatic heterocycles. The molecule has 0 saturated carbocycles. The van der Waals surface area contributed by atoms with Gasteiger partial charge in [0.05, 0.1) is 0 Å². The minimum Gasteiger partial charge on any atom is -0.246 e. The summed E-state index contributed by atoms with van der Waals surface area (Å²) < 4.78 is 0.906. The number of alkyl halides is 1. The van der Waals surface area contributed by atoms with E-state index in [0.29, 0.717) is 4.83 Å². The van der Waals surface area contributed by atoms with Crippen molar-refractivity contribution in [1.29, 1.82) is 0 Å². The number of hydrogen-bond acceptors (Lipinski definition) is 1. The maximum Gasteiger partial charge on any atom is 0.106 e. The van der Waals surface area contributed by atoms with Crippen LogP contribution in [0.15, 0.2) is 22.8 Å². The zero-order chi connectivity index (χ0) is 8.27.